The van der Waals surface area contributed by atoms with Gasteiger partial charge in [-0.3, -0.25) is 14.2 Å². The summed E-state index contributed by atoms with van der Waals surface area (Å²) in [6.45, 7) is 4.01. The van der Waals surface area contributed by atoms with Gasteiger partial charge in [0.2, 0.25) is 0 Å². The zero-order chi connectivity index (χ0) is 17.6. The Kier molecular flexibility index (Phi) is 4.25. The lowest BCUT2D eigenvalue weighted by Gasteiger charge is -2.11. The van der Waals surface area contributed by atoms with E-state index in [-0.39, 0.29) is 23.1 Å². The van der Waals surface area contributed by atoms with E-state index in [1.807, 2.05) is 48.7 Å². The molecule has 1 aromatic carbocycles. The van der Waals surface area contributed by atoms with Gasteiger partial charge in [-0.05, 0) is 32.3 Å². The minimum atomic E-state index is 0.0454. The van der Waals surface area contributed by atoms with Crippen molar-refractivity contribution >= 4 is 39.1 Å². The molecule has 128 valence electrons. The largest absolute Gasteiger partial charge is 0.293 e. The molecule has 25 heavy (non-hydrogen) atoms. The zero-order valence-corrected chi connectivity index (χ0v) is 15.7. The van der Waals surface area contributed by atoms with Crippen LogP contribution in [0.25, 0.3) is 10.2 Å². The van der Waals surface area contributed by atoms with Crippen LogP contribution in [0, 0.1) is 13.8 Å². The van der Waals surface area contributed by atoms with E-state index in [2.05, 4.69) is 0 Å². The number of benzene rings is 1. The maximum absolute atomic E-state index is 13.0. The maximum atomic E-state index is 13.0. The van der Waals surface area contributed by atoms with Crippen LogP contribution in [0.4, 0.5) is 0 Å². The Morgan fingerprint density at radius 1 is 1.28 bits per heavy atom. The first-order valence-electron chi connectivity index (χ1n) is 8.29. The monoisotopic (exact) mass is 370 g/mol. The van der Waals surface area contributed by atoms with Crippen molar-refractivity contribution in [3.8, 4) is 0 Å². The molecule has 1 saturated carbocycles. The van der Waals surface area contributed by atoms with Crippen LogP contribution in [0.5, 0.6) is 0 Å². The third-order valence-corrected chi connectivity index (χ3v) is 6.60. The van der Waals surface area contributed by atoms with Crippen molar-refractivity contribution in [2.75, 3.05) is 5.75 Å². The highest BCUT2D eigenvalue weighted by molar-refractivity contribution is 7.99. The molecule has 0 atom stereocenters. The first kappa shape index (κ1) is 16.5. The summed E-state index contributed by atoms with van der Waals surface area (Å²) in [4.78, 5) is 32.0. The van der Waals surface area contributed by atoms with Gasteiger partial charge in [0.05, 0.1) is 11.1 Å². The van der Waals surface area contributed by atoms with E-state index in [0.29, 0.717) is 10.7 Å². The van der Waals surface area contributed by atoms with Crippen LogP contribution >= 0.6 is 23.1 Å². The zero-order valence-electron chi connectivity index (χ0n) is 14.1. The van der Waals surface area contributed by atoms with Crippen molar-refractivity contribution < 1.29 is 4.79 Å². The SMILES string of the molecule is Cc1sc2nc(SCC(=O)c3ccccc3)n(C3CC3)c(=O)c2c1C. The number of hydrogen-bond donors (Lipinski definition) is 0. The van der Waals surface area contributed by atoms with E-state index in [9.17, 15) is 9.59 Å². The van der Waals surface area contributed by atoms with Gasteiger partial charge < -0.3 is 0 Å². The number of carbonyl (C=O) groups excluding carboxylic acids is 1. The number of thiophene rings is 1. The third kappa shape index (κ3) is 3.04. The standard InChI is InChI=1S/C19H18N2O2S2/c1-11-12(2)25-17-16(11)18(23)21(14-8-9-14)19(20-17)24-10-15(22)13-6-4-3-5-7-13/h3-7,14H,8-10H2,1-2H3. The van der Waals surface area contributed by atoms with Gasteiger partial charge in [-0.2, -0.15) is 0 Å². The fourth-order valence-electron chi connectivity index (χ4n) is 2.88. The van der Waals surface area contributed by atoms with Gasteiger partial charge in [-0.25, -0.2) is 4.98 Å². The Hall–Kier alpha value is -1.92. The van der Waals surface area contributed by atoms with E-state index in [0.717, 1.165) is 33.5 Å². The van der Waals surface area contributed by atoms with Crippen LogP contribution in [0.1, 0.15) is 39.7 Å². The van der Waals surface area contributed by atoms with Crippen molar-refractivity contribution in [2.45, 2.75) is 37.9 Å². The molecule has 0 amide bonds. The van der Waals surface area contributed by atoms with Gasteiger partial charge in [0.25, 0.3) is 5.56 Å². The molecule has 4 nitrogen and oxygen atoms in total. The first-order chi connectivity index (χ1) is 12.1. The van der Waals surface area contributed by atoms with Crippen molar-refractivity contribution in [1.82, 2.24) is 9.55 Å². The molecular formula is C19H18N2O2S2. The highest BCUT2D eigenvalue weighted by Gasteiger charge is 2.29. The second-order valence-electron chi connectivity index (χ2n) is 6.34. The Morgan fingerprint density at radius 2 is 2.00 bits per heavy atom. The molecule has 0 aliphatic heterocycles. The van der Waals surface area contributed by atoms with Crippen molar-refractivity contribution in [2.24, 2.45) is 0 Å². The van der Waals surface area contributed by atoms with Crippen LogP contribution in [0.3, 0.4) is 0 Å². The number of aryl methyl sites for hydroxylation is 2. The second-order valence-corrected chi connectivity index (χ2v) is 8.49. The Bertz CT molecular complexity index is 1020. The van der Waals surface area contributed by atoms with Gasteiger partial charge in [0.1, 0.15) is 4.83 Å². The molecule has 2 aromatic heterocycles. The van der Waals surface area contributed by atoms with Crippen LogP contribution in [-0.2, 0) is 0 Å². The summed E-state index contributed by atoms with van der Waals surface area (Å²) in [5.41, 5.74) is 1.77. The molecule has 0 spiro atoms. The van der Waals surface area contributed by atoms with E-state index in [1.165, 1.54) is 11.8 Å². The predicted molar refractivity (Wildman–Crippen MR) is 103 cm³/mol. The molecular weight excluding hydrogens is 352 g/mol. The molecule has 0 unspecified atom stereocenters. The molecule has 0 saturated heterocycles. The van der Waals surface area contributed by atoms with Crippen LogP contribution < -0.4 is 5.56 Å². The molecule has 0 bridgehead atoms. The highest BCUT2D eigenvalue weighted by Crippen LogP contribution is 2.38. The van der Waals surface area contributed by atoms with E-state index >= 15 is 0 Å². The first-order valence-corrected chi connectivity index (χ1v) is 10.1. The maximum Gasteiger partial charge on any atom is 0.263 e. The van der Waals surface area contributed by atoms with Gasteiger partial charge in [0, 0.05) is 16.5 Å². The molecule has 1 fully saturated rings. The highest BCUT2D eigenvalue weighted by atomic mass is 32.2. The molecule has 2 heterocycles. The minimum absolute atomic E-state index is 0.0454. The van der Waals surface area contributed by atoms with Gasteiger partial charge in [-0.1, -0.05) is 42.1 Å². The second kappa shape index (κ2) is 6.42. The molecule has 0 N–H and O–H groups in total. The summed E-state index contributed by atoms with van der Waals surface area (Å²) in [5, 5.41) is 1.42. The summed E-state index contributed by atoms with van der Waals surface area (Å²) in [7, 11) is 0. The molecule has 6 heteroatoms. The van der Waals surface area contributed by atoms with E-state index in [4.69, 9.17) is 4.98 Å². The lowest BCUT2D eigenvalue weighted by Crippen LogP contribution is -2.22. The number of hydrogen-bond acceptors (Lipinski definition) is 5. The Morgan fingerprint density at radius 3 is 2.68 bits per heavy atom. The molecule has 4 rings (SSSR count). The van der Waals surface area contributed by atoms with Crippen molar-refractivity contribution in [3.05, 3.63) is 56.7 Å². The molecule has 1 aliphatic rings. The number of Topliss-reactive ketones (excluding diaryl/α,β-unsaturated/α-hetero) is 1. The fourth-order valence-corrected chi connectivity index (χ4v) is 4.91. The predicted octanol–water partition coefficient (Wildman–Crippen LogP) is 4.38. The minimum Gasteiger partial charge on any atom is -0.293 e. The van der Waals surface area contributed by atoms with E-state index in [1.54, 1.807) is 11.3 Å². The van der Waals surface area contributed by atoms with Crippen LogP contribution in [-0.4, -0.2) is 21.1 Å². The van der Waals surface area contributed by atoms with Gasteiger partial charge in [-0.15, -0.1) is 11.3 Å². The number of carbonyl (C=O) groups is 1. The Balaban J connectivity index is 1.70. The number of thioether (sulfide) groups is 1. The van der Waals surface area contributed by atoms with Crippen LogP contribution in [0.2, 0.25) is 0 Å². The summed E-state index contributed by atoms with van der Waals surface area (Å²) in [6.07, 6.45) is 2.02. The third-order valence-electron chi connectivity index (χ3n) is 4.54. The summed E-state index contributed by atoms with van der Waals surface area (Å²) in [6, 6.07) is 9.49. The average Bonchev–Trinajstić information content (AvgIpc) is 3.40. The van der Waals surface area contributed by atoms with E-state index < -0.39 is 0 Å². The van der Waals surface area contributed by atoms with Gasteiger partial charge in [0.15, 0.2) is 10.9 Å². The number of rotatable bonds is 5. The van der Waals surface area contributed by atoms with Crippen molar-refractivity contribution in [3.63, 3.8) is 0 Å². The van der Waals surface area contributed by atoms with Crippen molar-refractivity contribution in [1.29, 1.82) is 0 Å². The van der Waals surface area contributed by atoms with Crippen LogP contribution in [0.15, 0.2) is 40.3 Å². The fraction of sp³-hybridized carbons (Fsp3) is 0.316. The normalized spacial score (nSPS) is 14.2. The smallest absolute Gasteiger partial charge is 0.263 e. The lowest BCUT2D eigenvalue weighted by atomic mass is 10.2. The molecule has 1 aliphatic carbocycles. The quantitative estimate of drug-likeness (QED) is 0.380. The topological polar surface area (TPSA) is 52.0 Å². The lowest BCUT2D eigenvalue weighted by molar-refractivity contribution is 0.102. The number of nitrogens with zero attached hydrogens (tertiary/aromatic N) is 2. The molecule has 0 radical (unpaired) electrons. The average molecular weight is 370 g/mol. The molecule has 3 aromatic rings. The summed E-state index contributed by atoms with van der Waals surface area (Å²) >= 11 is 2.93. The number of fused-ring (bicyclic) bond motifs is 1. The number of aromatic nitrogens is 2. The Labute approximate surface area is 153 Å². The van der Waals surface area contributed by atoms with Gasteiger partial charge >= 0.3 is 0 Å². The summed E-state index contributed by atoms with van der Waals surface area (Å²) < 4.78 is 1.81. The number of ketones is 1. The summed E-state index contributed by atoms with van der Waals surface area (Å²) in [5.74, 6) is 0.346.